The van der Waals surface area contributed by atoms with Crippen molar-refractivity contribution >= 4 is 57.4 Å². The van der Waals surface area contributed by atoms with E-state index in [1.165, 1.54) is 12.1 Å². The summed E-state index contributed by atoms with van der Waals surface area (Å²) in [5.41, 5.74) is 2.42. The van der Waals surface area contributed by atoms with Gasteiger partial charge >= 0.3 is 0 Å². The summed E-state index contributed by atoms with van der Waals surface area (Å²) in [4.78, 5) is 0.277. The zero-order valence-corrected chi connectivity index (χ0v) is 21.0. The summed E-state index contributed by atoms with van der Waals surface area (Å²) >= 11 is 6.72. The molecule has 1 N–H and O–H groups in total. The van der Waals surface area contributed by atoms with Crippen molar-refractivity contribution in [1.29, 1.82) is 0 Å². The largest absolute Gasteiger partial charge is 0.279 e. The Bertz CT molecular complexity index is 1180. The van der Waals surface area contributed by atoms with Crippen LogP contribution in [0.25, 0.3) is 0 Å². The van der Waals surface area contributed by atoms with Gasteiger partial charge in [-0.25, -0.2) is 16.8 Å². The Hall–Kier alpha value is -1.68. The van der Waals surface area contributed by atoms with Crippen molar-refractivity contribution in [2.24, 2.45) is 0 Å². The molecule has 0 aliphatic heterocycles. The number of halogens is 2. The molecular weight excluding hydrogens is 554 g/mol. The van der Waals surface area contributed by atoms with Gasteiger partial charge in [0.2, 0.25) is 0 Å². The van der Waals surface area contributed by atoms with E-state index in [-0.39, 0.29) is 21.2 Å². The summed E-state index contributed by atoms with van der Waals surface area (Å²) in [6, 6.07) is 16.1. The average molecular weight is 573 g/mol. The molecule has 3 rings (SSSR count). The smallest absolute Gasteiger partial charge is 0.261 e. The van der Waals surface area contributed by atoms with Crippen LogP contribution in [-0.4, -0.2) is 16.8 Å². The SMILES string of the molecule is Cc1ccc(S(=O)(=O)Cc2cc(Br)c(Br)cc2NS(=O)(=O)c2ccc(C)cc2)cc1. The minimum absolute atomic E-state index is 0.0967. The molecule has 0 amide bonds. The lowest BCUT2D eigenvalue weighted by Crippen LogP contribution is -2.15. The Labute approximate surface area is 193 Å². The van der Waals surface area contributed by atoms with Crippen LogP contribution in [-0.2, 0) is 25.6 Å². The Balaban J connectivity index is 2.01. The van der Waals surface area contributed by atoms with Crippen LogP contribution < -0.4 is 4.72 Å². The highest BCUT2D eigenvalue weighted by molar-refractivity contribution is 9.13. The van der Waals surface area contributed by atoms with Gasteiger partial charge < -0.3 is 0 Å². The molecule has 0 spiro atoms. The van der Waals surface area contributed by atoms with Crippen LogP contribution in [0, 0.1) is 13.8 Å². The molecule has 9 heteroatoms. The van der Waals surface area contributed by atoms with Crippen LogP contribution in [0.5, 0.6) is 0 Å². The predicted octanol–water partition coefficient (Wildman–Crippen LogP) is 5.60. The van der Waals surface area contributed by atoms with Crippen LogP contribution >= 0.6 is 31.9 Å². The predicted molar refractivity (Wildman–Crippen MR) is 126 cm³/mol. The zero-order chi connectivity index (χ0) is 22.1. The first kappa shape index (κ1) is 23.0. The second-order valence-electron chi connectivity index (χ2n) is 6.91. The molecule has 0 bridgehead atoms. The van der Waals surface area contributed by atoms with Gasteiger partial charge in [0.1, 0.15) is 0 Å². The van der Waals surface area contributed by atoms with E-state index in [2.05, 4.69) is 36.6 Å². The fraction of sp³-hybridized carbons (Fsp3) is 0.143. The van der Waals surface area contributed by atoms with E-state index in [1.807, 2.05) is 13.8 Å². The molecule has 0 aliphatic rings. The normalized spacial score (nSPS) is 12.0. The number of benzene rings is 3. The lowest BCUT2D eigenvalue weighted by atomic mass is 10.2. The molecule has 0 atom stereocenters. The number of sulfone groups is 1. The molecule has 158 valence electrons. The van der Waals surface area contributed by atoms with Crippen molar-refractivity contribution < 1.29 is 16.8 Å². The zero-order valence-electron chi connectivity index (χ0n) is 16.2. The molecule has 0 unspecified atom stereocenters. The molecule has 0 fully saturated rings. The van der Waals surface area contributed by atoms with Crippen molar-refractivity contribution in [2.45, 2.75) is 29.4 Å². The minimum Gasteiger partial charge on any atom is -0.279 e. The number of aryl methyl sites for hydroxylation is 2. The summed E-state index contributed by atoms with van der Waals surface area (Å²) in [5.74, 6) is -0.353. The van der Waals surface area contributed by atoms with E-state index in [0.717, 1.165) is 11.1 Å². The monoisotopic (exact) mass is 571 g/mol. The summed E-state index contributed by atoms with van der Waals surface area (Å²) < 4.78 is 55.3. The van der Waals surface area contributed by atoms with Gasteiger partial charge in [0.05, 0.1) is 21.2 Å². The standard InChI is InChI=1S/C21H19Br2NO4S2/c1-14-3-7-17(8-4-14)29(25,26)13-16-11-19(22)20(23)12-21(16)24-30(27,28)18-9-5-15(2)6-10-18/h3-12,24H,13H2,1-2H3. The second-order valence-corrected chi connectivity index (χ2v) is 12.3. The molecule has 3 aromatic rings. The maximum atomic E-state index is 12.9. The van der Waals surface area contributed by atoms with Gasteiger partial charge in [0, 0.05) is 8.95 Å². The van der Waals surface area contributed by atoms with Gasteiger partial charge in [0.25, 0.3) is 10.0 Å². The quantitative estimate of drug-likeness (QED) is 0.417. The van der Waals surface area contributed by atoms with E-state index in [0.29, 0.717) is 14.5 Å². The van der Waals surface area contributed by atoms with Gasteiger partial charge in [-0.15, -0.1) is 0 Å². The van der Waals surface area contributed by atoms with Crippen LogP contribution in [0.2, 0.25) is 0 Å². The minimum atomic E-state index is -3.89. The summed E-state index contributed by atoms with van der Waals surface area (Å²) in [5, 5.41) is 0. The van der Waals surface area contributed by atoms with Crippen LogP contribution in [0.15, 0.2) is 79.4 Å². The van der Waals surface area contributed by atoms with E-state index in [1.54, 1.807) is 48.5 Å². The van der Waals surface area contributed by atoms with E-state index >= 15 is 0 Å². The highest BCUT2D eigenvalue weighted by Crippen LogP contribution is 2.33. The summed E-state index contributed by atoms with van der Waals surface area (Å²) in [6.45, 7) is 3.74. The molecule has 0 saturated heterocycles. The second kappa shape index (κ2) is 8.82. The maximum absolute atomic E-state index is 12.9. The van der Waals surface area contributed by atoms with Gasteiger partial charge in [-0.3, -0.25) is 4.72 Å². The molecule has 0 heterocycles. The van der Waals surface area contributed by atoms with Gasteiger partial charge in [0.15, 0.2) is 9.84 Å². The topological polar surface area (TPSA) is 80.3 Å². The molecule has 0 radical (unpaired) electrons. The number of hydrogen-bond acceptors (Lipinski definition) is 4. The molecule has 0 aliphatic carbocycles. The third kappa shape index (κ3) is 5.32. The average Bonchev–Trinajstić information content (AvgIpc) is 2.66. The first-order chi connectivity index (χ1) is 14.0. The Morgan fingerprint density at radius 1 is 0.733 bits per heavy atom. The molecule has 5 nitrogen and oxygen atoms in total. The highest BCUT2D eigenvalue weighted by Gasteiger charge is 2.22. The van der Waals surface area contributed by atoms with E-state index < -0.39 is 19.9 Å². The van der Waals surface area contributed by atoms with Crippen LogP contribution in [0.3, 0.4) is 0 Å². The highest BCUT2D eigenvalue weighted by atomic mass is 79.9. The molecule has 30 heavy (non-hydrogen) atoms. The van der Waals surface area contributed by atoms with Crippen molar-refractivity contribution in [3.05, 3.63) is 86.3 Å². The molecule has 0 saturated carbocycles. The number of nitrogens with one attached hydrogen (secondary N) is 1. The number of anilines is 1. The summed E-state index contributed by atoms with van der Waals surface area (Å²) in [7, 11) is -7.57. The number of rotatable bonds is 6. The van der Waals surface area contributed by atoms with Gasteiger partial charge in [-0.05, 0) is 87.7 Å². The lowest BCUT2D eigenvalue weighted by molar-refractivity contribution is 0.594. The first-order valence-electron chi connectivity index (χ1n) is 8.85. The molecular formula is C21H19Br2NO4S2. The Morgan fingerprint density at radius 2 is 1.20 bits per heavy atom. The van der Waals surface area contributed by atoms with Crippen molar-refractivity contribution in [2.75, 3.05) is 4.72 Å². The van der Waals surface area contributed by atoms with Gasteiger partial charge in [-0.1, -0.05) is 35.4 Å². The number of hydrogen-bond donors (Lipinski definition) is 1. The van der Waals surface area contributed by atoms with Crippen molar-refractivity contribution in [3.8, 4) is 0 Å². The Kier molecular flexibility index (Phi) is 6.76. The Morgan fingerprint density at radius 3 is 1.73 bits per heavy atom. The maximum Gasteiger partial charge on any atom is 0.261 e. The molecule has 3 aromatic carbocycles. The fourth-order valence-electron chi connectivity index (χ4n) is 2.76. The van der Waals surface area contributed by atoms with Crippen molar-refractivity contribution in [1.82, 2.24) is 0 Å². The number of sulfonamides is 1. The van der Waals surface area contributed by atoms with E-state index in [9.17, 15) is 16.8 Å². The fourth-order valence-corrected chi connectivity index (χ4v) is 5.95. The third-order valence-electron chi connectivity index (χ3n) is 4.45. The van der Waals surface area contributed by atoms with Crippen molar-refractivity contribution in [3.63, 3.8) is 0 Å². The van der Waals surface area contributed by atoms with Crippen LogP contribution in [0.4, 0.5) is 5.69 Å². The molecule has 0 aromatic heterocycles. The lowest BCUT2D eigenvalue weighted by Gasteiger charge is -2.15. The van der Waals surface area contributed by atoms with Crippen LogP contribution in [0.1, 0.15) is 16.7 Å². The summed E-state index contributed by atoms with van der Waals surface area (Å²) in [6.07, 6.45) is 0. The third-order valence-corrected chi connectivity index (χ3v) is 9.35. The van der Waals surface area contributed by atoms with E-state index in [4.69, 9.17) is 0 Å². The first-order valence-corrected chi connectivity index (χ1v) is 13.6. The van der Waals surface area contributed by atoms with Gasteiger partial charge in [-0.2, -0.15) is 0 Å².